The highest BCUT2D eigenvalue weighted by molar-refractivity contribution is 5.85. The number of methoxy groups -OCH3 is 2. The second kappa shape index (κ2) is 11.7. The minimum atomic E-state index is -0.255. The van der Waals surface area contributed by atoms with Gasteiger partial charge in [-0.2, -0.15) is 0 Å². The fourth-order valence-corrected chi connectivity index (χ4v) is 4.50. The molecule has 0 radical (unpaired) electrons. The number of imidazole rings is 1. The lowest BCUT2D eigenvalue weighted by molar-refractivity contribution is -0.122. The van der Waals surface area contributed by atoms with Crippen molar-refractivity contribution in [1.82, 2.24) is 24.8 Å². The molecule has 35 heavy (non-hydrogen) atoms. The number of anilines is 1. The lowest BCUT2D eigenvalue weighted by atomic mass is 10.1. The number of hydrogen-bond acceptors (Lipinski definition) is 7. The van der Waals surface area contributed by atoms with Gasteiger partial charge in [-0.1, -0.05) is 18.9 Å². The maximum absolute atomic E-state index is 13.3. The molecule has 0 saturated carbocycles. The summed E-state index contributed by atoms with van der Waals surface area (Å²) in [4.78, 5) is 28.9. The first-order chi connectivity index (χ1) is 17.1. The van der Waals surface area contributed by atoms with Crippen molar-refractivity contribution in [3.05, 3.63) is 60.6 Å². The standard InChI is InChI=1S/C26H34N6O3/c1-19(31-16-14-27-18-31)25-28-13-11-24(30-25)32-15-6-4-5-7-21(32)26(33)29-12-10-20-8-9-22(34-2)23(17-20)35-3/h8-9,11,13-14,16-19,21H,4-7,10,12,15H2,1-3H3,(H,29,33). The van der Waals surface area contributed by atoms with Crippen LogP contribution in [0.3, 0.4) is 0 Å². The van der Waals surface area contributed by atoms with E-state index in [-0.39, 0.29) is 18.0 Å². The number of amides is 1. The van der Waals surface area contributed by atoms with Gasteiger partial charge in [-0.15, -0.1) is 0 Å². The summed E-state index contributed by atoms with van der Waals surface area (Å²) >= 11 is 0. The highest BCUT2D eigenvalue weighted by Crippen LogP contribution is 2.28. The number of benzene rings is 1. The SMILES string of the molecule is COc1ccc(CCNC(=O)C2CCCCCN2c2ccnc(C(C)n3ccnc3)n2)cc1OC. The Kier molecular flexibility index (Phi) is 8.18. The molecule has 1 aliphatic rings. The minimum absolute atomic E-state index is 0.0372. The molecule has 1 aromatic carbocycles. The molecule has 1 aliphatic heterocycles. The molecule has 1 saturated heterocycles. The van der Waals surface area contributed by atoms with Gasteiger partial charge >= 0.3 is 0 Å². The Bertz CT molecular complexity index is 1100. The van der Waals surface area contributed by atoms with Crippen LogP contribution in [0.1, 0.15) is 50.0 Å². The summed E-state index contributed by atoms with van der Waals surface area (Å²) in [5, 5.41) is 3.15. The molecule has 186 valence electrons. The zero-order valence-electron chi connectivity index (χ0n) is 20.7. The van der Waals surface area contributed by atoms with Crippen LogP contribution < -0.4 is 19.7 Å². The van der Waals surface area contributed by atoms with Gasteiger partial charge in [-0.05, 0) is 49.9 Å². The molecule has 1 amide bonds. The van der Waals surface area contributed by atoms with Crippen molar-refractivity contribution in [1.29, 1.82) is 0 Å². The predicted molar refractivity (Wildman–Crippen MR) is 134 cm³/mol. The normalized spacial score (nSPS) is 16.9. The van der Waals surface area contributed by atoms with Crippen molar-refractivity contribution in [2.45, 2.75) is 51.1 Å². The summed E-state index contributed by atoms with van der Waals surface area (Å²) in [5.41, 5.74) is 1.08. The van der Waals surface area contributed by atoms with E-state index in [4.69, 9.17) is 14.5 Å². The van der Waals surface area contributed by atoms with E-state index in [1.807, 2.05) is 42.0 Å². The Morgan fingerprint density at radius 3 is 2.77 bits per heavy atom. The van der Waals surface area contributed by atoms with Crippen molar-refractivity contribution in [3.8, 4) is 11.5 Å². The van der Waals surface area contributed by atoms with Gasteiger partial charge in [0.05, 0.1) is 26.6 Å². The molecule has 3 heterocycles. The zero-order chi connectivity index (χ0) is 24.6. The van der Waals surface area contributed by atoms with Crippen LogP contribution >= 0.6 is 0 Å². The summed E-state index contributed by atoms with van der Waals surface area (Å²) in [6, 6.07) is 7.44. The number of carbonyl (C=O) groups excluding carboxylic acids is 1. The van der Waals surface area contributed by atoms with E-state index in [0.717, 1.165) is 43.6 Å². The van der Waals surface area contributed by atoms with Crippen molar-refractivity contribution in [2.75, 3.05) is 32.2 Å². The van der Waals surface area contributed by atoms with Gasteiger partial charge in [0.15, 0.2) is 17.3 Å². The number of hydrogen-bond donors (Lipinski definition) is 1. The molecule has 1 N–H and O–H groups in total. The highest BCUT2D eigenvalue weighted by Gasteiger charge is 2.29. The average Bonchev–Trinajstić information content (AvgIpc) is 3.32. The van der Waals surface area contributed by atoms with Crippen LogP contribution in [0.4, 0.5) is 5.82 Å². The van der Waals surface area contributed by atoms with Gasteiger partial charge in [0.25, 0.3) is 0 Å². The minimum Gasteiger partial charge on any atom is -0.493 e. The second-order valence-corrected chi connectivity index (χ2v) is 8.75. The summed E-state index contributed by atoms with van der Waals surface area (Å²) in [6.07, 6.45) is 11.9. The molecular weight excluding hydrogens is 444 g/mol. The maximum atomic E-state index is 13.3. The summed E-state index contributed by atoms with van der Waals surface area (Å²) < 4.78 is 12.7. The van der Waals surface area contributed by atoms with E-state index in [1.165, 1.54) is 0 Å². The molecule has 2 unspecified atom stereocenters. The van der Waals surface area contributed by atoms with Crippen LogP contribution in [0.15, 0.2) is 49.2 Å². The Morgan fingerprint density at radius 2 is 2.00 bits per heavy atom. The number of carbonyl (C=O) groups is 1. The Balaban J connectivity index is 1.44. The van der Waals surface area contributed by atoms with Gasteiger partial charge in [-0.3, -0.25) is 4.79 Å². The van der Waals surface area contributed by atoms with Gasteiger partial charge in [-0.25, -0.2) is 15.0 Å². The summed E-state index contributed by atoms with van der Waals surface area (Å²) in [5.74, 6) is 2.92. The van der Waals surface area contributed by atoms with E-state index < -0.39 is 0 Å². The number of aromatic nitrogens is 4. The molecule has 2 atom stereocenters. The third-order valence-electron chi connectivity index (χ3n) is 6.52. The first-order valence-corrected chi connectivity index (χ1v) is 12.2. The summed E-state index contributed by atoms with van der Waals surface area (Å²) in [6.45, 7) is 3.39. The second-order valence-electron chi connectivity index (χ2n) is 8.75. The lowest BCUT2D eigenvalue weighted by Crippen LogP contribution is -2.47. The monoisotopic (exact) mass is 478 g/mol. The van der Waals surface area contributed by atoms with Crippen LogP contribution in [-0.2, 0) is 11.2 Å². The molecule has 2 aromatic heterocycles. The molecule has 9 heteroatoms. The van der Waals surface area contributed by atoms with E-state index in [1.54, 1.807) is 32.9 Å². The average molecular weight is 479 g/mol. The van der Waals surface area contributed by atoms with Gasteiger partial charge in [0.1, 0.15) is 11.9 Å². The van der Waals surface area contributed by atoms with E-state index >= 15 is 0 Å². The van der Waals surface area contributed by atoms with Crippen molar-refractivity contribution in [2.24, 2.45) is 0 Å². The topological polar surface area (TPSA) is 94.4 Å². The smallest absolute Gasteiger partial charge is 0.242 e. The zero-order valence-corrected chi connectivity index (χ0v) is 20.7. The third-order valence-corrected chi connectivity index (χ3v) is 6.52. The number of nitrogens with zero attached hydrogens (tertiary/aromatic N) is 5. The molecule has 0 aliphatic carbocycles. The van der Waals surface area contributed by atoms with Crippen LogP contribution in [0.25, 0.3) is 0 Å². The van der Waals surface area contributed by atoms with Crippen LogP contribution in [0.5, 0.6) is 11.5 Å². The van der Waals surface area contributed by atoms with E-state index in [9.17, 15) is 4.79 Å². The van der Waals surface area contributed by atoms with Gasteiger partial charge in [0.2, 0.25) is 5.91 Å². The Hall–Kier alpha value is -3.62. The highest BCUT2D eigenvalue weighted by atomic mass is 16.5. The van der Waals surface area contributed by atoms with Crippen LogP contribution in [0, 0.1) is 0 Å². The first-order valence-electron chi connectivity index (χ1n) is 12.2. The van der Waals surface area contributed by atoms with Crippen molar-refractivity contribution in [3.63, 3.8) is 0 Å². The van der Waals surface area contributed by atoms with E-state index in [2.05, 4.69) is 20.2 Å². The van der Waals surface area contributed by atoms with Crippen molar-refractivity contribution >= 4 is 11.7 Å². The molecule has 4 rings (SSSR count). The fourth-order valence-electron chi connectivity index (χ4n) is 4.50. The fraction of sp³-hybridized carbons (Fsp3) is 0.462. The third kappa shape index (κ3) is 5.90. The summed E-state index contributed by atoms with van der Waals surface area (Å²) in [7, 11) is 3.24. The number of rotatable bonds is 9. The van der Waals surface area contributed by atoms with Crippen LogP contribution in [-0.4, -0.2) is 58.8 Å². The lowest BCUT2D eigenvalue weighted by Gasteiger charge is -2.30. The number of nitrogens with one attached hydrogen (secondary N) is 1. The van der Waals surface area contributed by atoms with Crippen LogP contribution in [0.2, 0.25) is 0 Å². The molecular formula is C26H34N6O3. The van der Waals surface area contributed by atoms with Gasteiger partial charge < -0.3 is 24.3 Å². The van der Waals surface area contributed by atoms with Gasteiger partial charge in [0, 0.05) is 31.7 Å². The molecule has 9 nitrogen and oxygen atoms in total. The van der Waals surface area contributed by atoms with E-state index in [0.29, 0.717) is 30.3 Å². The maximum Gasteiger partial charge on any atom is 0.242 e. The predicted octanol–water partition coefficient (Wildman–Crippen LogP) is 3.41. The Labute approximate surface area is 206 Å². The largest absolute Gasteiger partial charge is 0.493 e. The molecule has 1 fully saturated rings. The quantitative estimate of drug-likeness (QED) is 0.504. The molecule has 0 bridgehead atoms. The molecule has 3 aromatic rings. The first kappa shape index (κ1) is 24.5. The Morgan fingerprint density at radius 1 is 1.14 bits per heavy atom. The number of ether oxygens (including phenoxy) is 2. The van der Waals surface area contributed by atoms with Crippen molar-refractivity contribution < 1.29 is 14.3 Å². The molecule has 0 spiro atoms.